The maximum atomic E-state index is 12.1. The molecule has 0 unspecified atom stereocenters. The van der Waals surface area contributed by atoms with Crippen LogP contribution < -0.4 is 20.1 Å². The molecule has 0 atom stereocenters. The van der Waals surface area contributed by atoms with Crippen molar-refractivity contribution in [2.75, 3.05) is 24.9 Å². The molecule has 146 valence electrons. The van der Waals surface area contributed by atoms with Gasteiger partial charge in [0.05, 0.1) is 14.2 Å². The van der Waals surface area contributed by atoms with Crippen molar-refractivity contribution in [1.82, 2.24) is 10.2 Å². The number of amides is 2. The number of benzene rings is 2. The number of ether oxygens (including phenoxy) is 2. The molecule has 0 aliphatic carbocycles. The Morgan fingerprint density at radius 2 is 1.82 bits per heavy atom. The van der Waals surface area contributed by atoms with E-state index >= 15 is 0 Å². The van der Waals surface area contributed by atoms with E-state index in [4.69, 9.17) is 9.47 Å². The molecule has 0 fully saturated rings. The van der Waals surface area contributed by atoms with Gasteiger partial charge in [0, 0.05) is 12.1 Å². The van der Waals surface area contributed by atoms with Gasteiger partial charge in [-0.25, -0.2) is 4.79 Å². The summed E-state index contributed by atoms with van der Waals surface area (Å²) in [7, 11) is 3.23. The number of carbonyl (C=O) groups is 1. The predicted octanol–water partition coefficient (Wildman–Crippen LogP) is 4.29. The van der Waals surface area contributed by atoms with Crippen LogP contribution in [0, 0.1) is 6.92 Å². The van der Waals surface area contributed by atoms with Gasteiger partial charge >= 0.3 is 6.03 Å². The minimum Gasteiger partial charge on any atom is -0.493 e. The van der Waals surface area contributed by atoms with Crippen molar-refractivity contribution in [2.24, 2.45) is 0 Å². The van der Waals surface area contributed by atoms with Gasteiger partial charge in [-0.05, 0) is 48.7 Å². The van der Waals surface area contributed by atoms with Gasteiger partial charge in [-0.15, -0.1) is 10.2 Å². The predicted molar refractivity (Wildman–Crippen MR) is 111 cm³/mol. The summed E-state index contributed by atoms with van der Waals surface area (Å²) in [5.41, 5.74) is 2.92. The van der Waals surface area contributed by atoms with E-state index in [-0.39, 0.29) is 6.03 Å². The summed E-state index contributed by atoms with van der Waals surface area (Å²) in [4.78, 5) is 12.1. The van der Waals surface area contributed by atoms with E-state index in [1.165, 1.54) is 11.3 Å². The molecule has 2 aromatic carbocycles. The number of urea groups is 1. The van der Waals surface area contributed by atoms with Gasteiger partial charge in [0.2, 0.25) is 5.13 Å². The topological polar surface area (TPSA) is 85.4 Å². The fraction of sp³-hybridized carbons (Fsp3) is 0.250. The van der Waals surface area contributed by atoms with Crippen LogP contribution in [0.1, 0.15) is 16.1 Å². The molecule has 0 bridgehead atoms. The van der Waals surface area contributed by atoms with E-state index < -0.39 is 0 Å². The highest BCUT2D eigenvalue weighted by atomic mass is 32.1. The van der Waals surface area contributed by atoms with Crippen LogP contribution in [0.2, 0.25) is 0 Å². The lowest BCUT2D eigenvalue weighted by Crippen LogP contribution is -2.19. The van der Waals surface area contributed by atoms with Gasteiger partial charge < -0.3 is 14.8 Å². The number of nitrogens with zero attached hydrogens (tertiary/aromatic N) is 2. The highest BCUT2D eigenvalue weighted by Crippen LogP contribution is 2.28. The minimum atomic E-state index is -0.340. The Kier molecular flexibility index (Phi) is 6.44. The molecule has 7 nitrogen and oxygen atoms in total. The van der Waals surface area contributed by atoms with Crippen molar-refractivity contribution in [3.05, 3.63) is 58.6 Å². The van der Waals surface area contributed by atoms with Crippen molar-refractivity contribution in [3.63, 3.8) is 0 Å². The van der Waals surface area contributed by atoms with Crippen LogP contribution in [-0.2, 0) is 12.8 Å². The second-order valence-corrected chi connectivity index (χ2v) is 7.20. The molecule has 0 saturated carbocycles. The van der Waals surface area contributed by atoms with Crippen LogP contribution in [0.5, 0.6) is 11.5 Å². The Labute approximate surface area is 167 Å². The Morgan fingerprint density at radius 3 is 2.57 bits per heavy atom. The van der Waals surface area contributed by atoms with Gasteiger partial charge in [-0.2, -0.15) is 0 Å². The Morgan fingerprint density at radius 1 is 1.00 bits per heavy atom. The number of methoxy groups -OCH3 is 2. The minimum absolute atomic E-state index is 0.340. The van der Waals surface area contributed by atoms with Crippen LogP contribution >= 0.6 is 11.3 Å². The maximum absolute atomic E-state index is 12.1. The number of carbonyl (C=O) groups excluding carboxylic acids is 1. The second kappa shape index (κ2) is 9.18. The fourth-order valence-electron chi connectivity index (χ4n) is 2.67. The number of hydrogen-bond acceptors (Lipinski definition) is 6. The van der Waals surface area contributed by atoms with Gasteiger partial charge in [-0.3, -0.25) is 5.32 Å². The molecule has 28 heavy (non-hydrogen) atoms. The summed E-state index contributed by atoms with van der Waals surface area (Å²) in [5, 5.41) is 15.0. The molecular weight excluding hydrogens is 376 g/mol. The lowest BCUT2D eigenvalue weighted by Gasteiger charge is -2.09. The van der Waals surface area contributed by atoms with Crippen LogP contribution in [0.3, 0.4) is 0 Å². The Balaban J connectivity index is 1.54. The SMILES string of the molecule is COc1ccc(CCc2nnc(NC(=O)Nc3cccc(C)c3)s2)cc1OC. The first-order valence-corrected chi connectivity index (χ1v) is 9.57. The number of anilines is 2. The molecule has 2 N–H and O–H groups in total. The van der Waals surface area contributed by atoms with E-state index in [2.05, 4.69) is 20.8 Å². The fourth-order valence-corrected chi connectivity index (χ4v) is 3.41. The van der Waals surface area contributed by atoms with E-state index in [1.807, 2.05) is 49.4 Å². The molecule has 0 aliphatic heterocycles. The summed E-state index contributed by atoms with van der Waals surface area (Å²) in [6.45, 7) is 1.97. The van der Waals surface area contributed by atoms with Crippen molar-refractivity contribution < 1.29 is 14.3 Å². The molecular formula is C20H22N4O3S. The standard InChI is InChI=1S/C20H22N4O3S/c1-13-5-4-6-15(11-13)21-19(25)22-20-24-23-18(28-20)10-8-14-7-9-16(26-2)17(12-14)27-3/h4-7,9,11-12H,8,10H2,1-3H3,(H2,21,22,24,25). The van der Waals surface area contributed by atoms with Crippen LogP contribution in [0.15, 0.2) is 42.5 Å². The zero-order chi connectivity index (χ0) is 19.9. The Bertz CT molecular complexity index is 958. The summed E-state index contributed by atoms with van der Waals surface area (Å²) in [5.74, 6) is 1.40. The largest absolute Gasteiger partial charge is 0.493 e. The zero-order valence-corrected chi connectivity index (χ0v) is 16.8. The smallest absolute Gasteiger partial charge is 0.325 e. The zero-order valence-electron chi connectivity index (χ0n) is 16.0. The third kappa shape index (κ3) is 5.20. The van der Waals surface area contributed by atoms with Crippen molar-refractivity contribution >= 4 is 28.2 Å². The molecule has 1 aromatic heterocycles. The lowest BCUT2D eigenvalue weighted by molar-refractivity contribution is 0.262. The van der Waals surface area contributed by atoms with Crippen LogP contribution in [0.4, 0.5) is 15.6 Å². The van der Waals surface area contributed by atoms with Crippen molar-refractivity contribution in [2.45, 2.75) is 19.8 Å². The quantitative estimate of drug-likeness (QED) is 0.620. The van der Waals surface area contributed by atoms with E-state index in [0.29, 0.717) is 23.1 Å². The number of aromatic nitrogens is 2. The molecule has 3 aromatic rings. The van der Waals surface area contributed by atoms with Gasteiger partial charge in [0.1, 0.15) is 5.01 Å². The number of hydrogen-bond donors (Lipinski definition) is 2. The van der Waals surface area contributed by atoms with E-state index in [0.717, 1.165) is 28.2 Å². The molecule has 0 aliphatic rings. The third-order valence-corrected chi connectivity index (χ3v) is 4.94. The summed E-state index contributed by atoms with van der Waals surface area (Å²) < 4.78 is 10.6. The van der Waals surface area contributed by atoms with E-state index in [1.54, 1.807) is 14.2 Å². The average Bonchev–Trinajstić information content (AvgIpc) is 3.13. The first kappa shape index (κ1) is 19.6. The molecule has 8 heteroatoms. The van der Waals surface area contributed by atoms with Crippen molar-refractivity contribution in [1.29, 1.82) is 0 Å². The number of aryl methyl sites for hydroxylation is 3. The van der Waals surface area contributed by atoms with Crippen LogP contribution in [-0.4, -0.2) is 30.4 Å². The average molecular weight is 398 g/mol. The molecule has 1 heterocycles. The summed E-state index contributed by atoms with van der Waals surface area (Å²) in [6, 6.07) is 13.1. The second-order valence-electron chi connectivity index (χ2n) is 6.14. The summed E-state index contributed by atoms with van der Waals surface area (Å²) in [6.07, 6.45) is 1.50. The summed E-state index contributed by atoms with van der Waals surface area (Å²) >= 11 is 1.36. The molecule has 2 amide bonds. The van der Waals surface area contributed by atoms with Gasteiger partial charge in [-0.1, -0.05) is 29.5 Å². The number of nitrogens with one attached hydrogen (secondary N) is 2. The third-order valence-electron chi connectivity index (χ3n) is 4.04. The highest BCUT2D eigenvalue weighted by Gasteiger charge is 2.10. The molecule has 0 spiro atoms. The Hall–Kier alpha value is -3.13. The highest BCUT2D eigenvalue weighted by molar-refractivity contribution is 7.15. The van der Waals surface area contributed by atoms with Gasteiger partial charge in [0.25, 0.3) is 0 Å². The van der Waals surface area contributed by atoms with Crippen LogP contribution in [0.25, 0.3) is 0 Å². The molecule has 0 saturated heterocycles. The van der Waals surface area contributed by atoms with E-state index in [9.17, 15) is 4.79 Å². The van der Waals surface area contributed by atoms with Crippen molar-refractivity contribution in [3.8, 4) is 11.5 Å². The van der Waals surface area contributed by atoms with Gasteiger partial charge in [0.15, 0.2) is 11.5 Å². The first-order valence-electron chi connectivity index (χ1n) is 8.75. The monoisotopic (exact) mass is 398 g/mol. The normalized spacial score (nSPS) is 10.4. The first-order chi connectivity index (χ1) is 13.6. The number of rotatable bonds is 7. The maximum Gasteiger partial charge on any atom is 0.325 e. The molecule has 3 rings (SSSR count). The molecule has 0 radical (unpaired) electrons. The lowest BCUT2D eigenvalue weighted by atomic mass is 10.1.